The average Bonchev–Trinajstić information content (AvgIpc) is 2.68. The molecule has 0 saturated heterocycles. The highest BCUT2D eigenvalue weighted by Crippen LogP contribution is 2.23. The first-order valence-electron chi connectivity index (χ1n) is 9.05. The van der Waals surface area contributed by atoms with Crippen LogP contribution >= 0.6 is 0 Å². The van der Waals surface area contributed by atoms with Crippen LogP contribution in [-0.4, -0.2) is 47.9 Å². The molecule has 0 aliphatic heterocycles. The molecule has 26 heavy (non-hydrogen) atoms. The van der Waals surface area contributed by atoms with E-state index in [0.717, 1.165) is 22.6 Å². The molecular formula is C21H28O5. The maximum absolute atomic E-state index is 10.3. The lowest BCUT2D eigenvalue weighted by Crippen LogP contribution is -2.11. The fraction of sp³-hybridized carbons (Fsp3) is 0.429. The van der Waals surface area contributed by atoms with E-state index in [4.69, 9.17) is 19.7 Å². The van der Waals surface area contributed by atoms with Gasteiger partial charge in [-0.25, -0.2) is 0 Å². The van der Waals surface area contributed by atoms with Crippen LogP contribution in [0.25, 0.3) is 0 Å². The van der Waals surface area contributed by atoms with Crippen LogP contribution in [0.3, 0.4) is 0 Å². The predicted octanol–water partition coefficient (Wildman–Crippen LogP) is 2.36. The Morgan fingerprint density at radius 3 is 1.54 bits per heavy atom. The molecule has 5 nitrogen and oxygen atoms in total. The van der Waals surface area contributed by atoms with Crippen LogP contribution in [-0.2, 0) is 12.8 Å². The summed E-state index contributed by atoms with van der Waals surface area (Å²) in [4.78, 5) is 0. The fourth-order valence-electron chi connectivity index (χ4n) is 2.80. The largest absolute Gasteiger partial charge is 0.491 e. The SMILES string of the molecule is OCCOc1ccccc1CCC(O)CCc1ccccc1OCCO. The minimum atomic E-state index is -0.424. The van der Waals surface area contributed by atoms with Crippen LogP contribution in [0.15, 0.2) is 48.5 Å². The molecule has 142 valence electrons. The van der Waals surface area contributed by atoms with Crippen molar-refractivity contribution in [3.8, 4) is 11.5 Å². The van der Waals surface area contributed by atoms with Gasteiger partial charge < -0.3 is 24.8 Å². The van der Waals surface area contributed by atoms with E-state index in [1.165, 1.54) is 0 Å². The van der Waals surface area contributed by atoms with E-state index < -0.39 is 6.10 Å². The van der Waals surface area contributed by atoms with Gasteiger partial charge in [0.05, 0.1) is 19.3 Å². The number of ether oxygens (including phenoxy) is 2. The van der Waals surface area contributed by atoms with Crippen LogP contribution in [0.2, 0.25) is 0 Å². The van der Waals surface area contributed by atoms with Crippen molar-refractivity contribution in [2.75, 3.05) is 26.4 Å². The monoisotopic (exact) mass is 360 g/mol. The van der Waals surface area contributed by atoms with Crippen molar-refractivity contribution in [1.29, 1.82) is 0 Å². The van der Waals surface area contributed by atoms with Crippen molar-refractivity contribution in [1.82, 2.24) is 0 Å². The third-order valence-corrected chi connectivity index (χ3v) is 4.14. The molecule has 0 heterocycles. The first-order valence-corrected chi connectivity index (χ1v) is 9.05. The fourth-order valence-corrected chi connectivity index (χ4v) is 2.80. The van der Waals surface area contributed by atoms with E-state index in [0.29, 0.717) is 25.7 Å². The van der Waals surface area contributed by atoms with E-state index in [9.17, 15) is 5.11 Å². The molecular weight excluding hydrogens is 332 g/mol. The Bertz CT molecular complexity index is 588. The van der Waals surface area contributed by atoms with E-state index in [1.807, 2.05) is 48.5 Å². The lowest BCUT2D eigenvalue weighted by molar-refractivity contribution is 0.153. The molecule has 2 rings (SSSR count). The average molecular weight is 360 g/mol. The van der Waals surface area contributed by atoms with Gasteiger partial charge in [0.1, 0.15) is 24.7 Å². The maximum atomic E-state index is 10.3. The summed E-state index contributed by atoms with van der Waals surface area (Å²) in [6.45, 7) is 0.498. The smallest absolute Gasteiger partial charge is 0.122 e. The molecule has 5 heteroatoms. The summed E-state index contributed by atoms with van der Waals surface area (Å²) in [5.41, 5.74) is 2.07. The second kappa shape index (κ2) is 11.5. The Hall–Kier alpha value is -2.08. The lowest BCUT2D eigenvalue weighted by atomic mass is 10.0. The Kier molecular flexibility index (Phi) is 8.96. The lowest BCUT2D eigenvalue weighted by Gasteiger charge is -2.15. The summed E-state index contributed by atoms with van der Waals surface area (Å²) in [7, 11) is 0. The zero-order valence-electron chi connectivity index (χ0n) is 15.0. The number of rotatable bonds is 12. The van der Waals surface area contributed by atoms with Gasteiger partial charge >= 0.3 is 0 Å². The zero-order chi connectivity index (χ0) is 18.6. The summed E-state index contributed by atoms with van der Waals surface area (Å²) in [5.74, 6) is 1.52. The van der Waals surface area contributed by atoms with Crippen molar-refractivity contribution < 1.29 is 24.8 Å². The van der Waals surface area contributed by atoms with Gasteiger partial charge in [-0.15, -0.1) is 0 Å². The van der Waals surface area contributed by atoms with Crippen LogP contribution in [0.4, 0.5) is 0 Å². The molecule has 0 amide bonds. The normalized spacial score (nSPS) is 10.9. The quantitative estimate of drug-likeness (QED) is 0.541. The molecule has 2 aromatic carbocycles. The summed E-state index contributed by atoms with van der Waals surface area (Å²) < 4.78 is 11.1. The second-order valence-electron chi connectivity index (χ2n) is 6.09. The number of aryl methyl sites for hydroxylation is 2. The van der Waals surface area contributed by atoms with Crippen LogP contribution in [0.1, 0.15) is 24.0 Å². The third kappa shape index (κ3) is 6.67. The molecule has 0 aromatic heterocycles. The highest BCUT2D eigenvalue weighted by Gasteiger charge is 2.10. The summed E-state index contributed by atoms with van der Waals surface area (Å²) >= 11 is 0. The van der Waals surface area contributed by atoms with Gasteiger partial charge in [0.25, 0.3) is 0 Å². The summed E-state index contributed by atoms with van der Waals surface area (Å²) in [5, 5.41) is 28.1. The molecule has 0 bridgehead atoms. The second-order valence-corrected chi connectivity index (χ2v) is 6.09. The topological polar surface area (TPSA) is 79.2 Å². The molecule has 0 aliphatic carbocycles. The molecule has 0 radical (unpaired) electrons. The van der Waals surface area contributed by atoms with Crippen molar-refractivity contribution in [2.45, 2.75) is 31.8 Å². The number of para-hydroxylation sites is 2. The molecule has 0 saturated carbocycles. The Morgan fingerprint density at radius 1 is 0.692 bits per heavy atom. The van der Waals surface area contributed by atoms with Gasteiger partial charge in [-0.05, 0) is 48.9 Å². The number of benzene rings is 2. The number of hydrogen-bond donors (Lipinski definition) is 3. The Labute approximate surface area is 154 Å². The summed E-state index contributed by atoms with van der Waals surface area (Å²) in [6, 6.07) is 15.4. The maximum Gasteiger partial charge on any atom is 0.122 e. The molecule has 3 N–H and O–H groups in total. The predicted molar refractivity (Wildman–Crippen MR) is 101 cm³/mol. The van der Waals surface area contributed by atoms with Gasteiger partial charge in [0.15, 0.2) is 0 Å². The van der Waals surface area contributed by atoms with E-state index in [2.05, 4.69) is 0 Å². The first-order chi connectivity index (χ1) is 12.7. The first kappa shape index (κ1) is 20.2. The van der Waals surface area contributed by atoms with Gasteiger partial charge in [-0.3, -0.25) is 0 Å². The van der Waals surface area contributed by atoms with Gasteiger partial charge in [-0.1, -0.05) is 36.4 Å². The molecule has 0 spiro atoms. The molecule has 0 unspecified atom stereocenters. The van der Waals surface area contributed by atoms with Crippen LogP contribution in [0, 0.1) is 0 Å². The Morgan fingerprint density at radius 2 is 1.12 bits per heavy atom. The van der Waals surface area contributed by atoms with E-state index in [1.54, 1.807) is 0 Å². The van der Waals surface area contributed by atoms with Crippen LogP contribution < -0.4 is 9.47 Å². The van der Waals surface area contributed by atoms with Crippen molar-refractivity contribution in [2.24, 2.45) is 0 Å². The number of hydrogen-bond acceptors (Lipinski definition) is 5. The Balaban J connectivity index is 1.84. The molecule has 0 atom stereocenters. The molecule has 2 aromatic rings. The van der Waals surface area contributed by atoms with E-state index in [-0.39, 0.29) is 26.4 Å². The highest BCUT2D eigenvalue weighted by molar-refractivity contribution is 5.34. The van der Waals surface area contributed by atoms with Crippen molar-refractivity contribution in [3.63, 3.8) is 0 Å². The van der Waals surface area contributed by atoms with E-state index >= 15 is 0 Å². The van der Waals surface area contributed by atoms with Gasteiger partial charge in [0, 0.05) is 0 Å². The zero-order valence-corrected chi connectivity index (χ0v) is 15.0. The highest BCUT2D eigenvalue weighted by atomic mass is 16.5. The van der Waals surface area contributed by atoms with Crippen LogP contribution in [0.5, 0.6) is 11.5 Å². The minimum Gasteiger partial charge on any atom is -0.491 e. The van der Waals surface area contributed by atoms with Crippen molar-refractivity contribution >= 4 is 0 Å². The molecule has 0 fully saturated rings. The summed E-state index contributed by atoms with van der Waals surface area (Å²) in [6.07, 6.45) is 2.28. The molecule has 0 aliphatic rings. The van der Waals surface area contributed by atoms with Gasteiger partial charge in [-0.2, -0.15) is 0 Å². The minimum absolute atomic E-state index is 0.0191. The van der Waals surface area contributed by atoms with Gasteiger partial charge in [0.2, 0.25) is 0 Å². The number of aliphatic hydroxyl groups excluding tert-OH is 3. The number of aliphatic hydroxyl groups is 3. The third-order valence-electron chi connectivity index (χ3n) is 4.14. The standard InChI is InChI=1S/C21H28O5/c22-13-15-25-20-7-3-1-5-17(20)9-11-19(24)12-10-18-6-2-4-8-21(18)26-16-14-23/h1-8,19,22-24H,9-16H2. The van der Waals surface area contributed by atoms with Crippen molar-refractivity contribution in [3.05, 3.63) is 59.7 Å².